The van der Waals surface area contributed by atoms with E-state index in [0.717, 1.165) is 17.7 Å². The van der Waals surface area contributed by atoms with Gasteiger partial charge in [0, 0.05) is 6.42 Å². The van der Waals surface area contributed by atoms with Crippen LogP contribution in [0.4, 0.5) is 0 Å². The average molecular weight is 179 g/mol. The zero-order chi connectivity index (χ0) is 9.64. The summed E-state index contributed by atoms with van der Waals surface area (Å²) in [5.74, 6) is 0.834. The Kier molecular flexibility index (Phi) is 1.59. The van der Waals surface area contributed by atoms with Crippen molar-refractivity contribution in [2.75, 3.05) is 0 Å². The fraction of sp³-hybridized carbons (Fsp3) is 0.600. The monoisotopic (exact) mass is 179 g/mol. The predicted octanol–water partition coefficient (Wildman–Crippen LogP) is 2.14. The van der Waals surface area contributed by atoms with Gasteiger partial charge in [-0.3, -0.25) is 4.79 Å². The van der Waals surface area contributed by atoms with Gasteiger partial charge in [0.2, 0.25) is 0 Å². The molecule has 3 heteroatoms. The quantitative estimate of drug-likeness (QED) is 0.612. The highest BCUT2D eigenvalue weighted by atomic mass is 16.5. The maximum Gasteiger partial charge on any atom is 0.168 e. The maximum atomic E-state index is 11.7. The molecule has 0 N–H and O–H groups in total. The molecular formula is C10H13NO2. The highest BCUT2D eigenvalue weighted by molar-refractivity contribution is 5.99. The molecule has 0 aliphatic heterocycles. The summed E-state index contributed by atoms with van der Waals surface area (Å²) >= 11 is 0. The van der Waals surface area contributed by atoms with Gasteiger partial charge in [-0.15, -0.1) is 0 Å². The first-order valence-electron chi connectivity index (χ1n) is 4.48. The van der Waals surface area contributed by atoms with Crippen LogP contribution in [0.5, 0.6) is 0 Å². The van der Waals surface area contributed by atoms with Crippen molar-refractivity contribution in [3.05, 3.63) is 17.0 Å². The SMILES string of the molecule is Cc1onc2c1C(=O)CC(C)(C)C2. The van der Waals surface area contributed by atoms with Crippen LogP contribution in [0.3, 0.4) is 0 Å². The fourth-order valence-corrected chi connectivity index (χ4v) is 1.93. The van der Waals surface area contributed by atoms with Crippen LogP contribution >= 0.6 is 0 Å². The third kappa shape index (κ3) is 1.28. The molecule has 0 unspecified atom stereocenters. The number of fused-ring (bicyclic) bond motifs is 1. The lowest BCUT2D eigenvalue weighted by molar-refractivity contribution is 0.0911. The van der Waals surface area contributed by atoms with Crippen molar-refractivity contribution in [1.29, 1.82) is 0 Å². The Morgan fingerprint density at radius 2 is 2.08 bits per heavy atom. The van der Waals surface area contributed by atoms with Gasteiger partial charge in [0.25, 0.3) is 0 Å². The van der Waals surface area contributed by atoms with Crippen molar-refractivity contribution >= 4 is 5.78 Å². The molecule has 0 amide bonds. The lowest BCUT2D eigenvalue weighted by Crippen LogP contribution is -2.26. The normalized spacial score (nSPS) is 20.1. The zero-order valence-corrected chi connectivity index (χ0v) is 8.18. The molecule has 1 aliphatic rings. The van der Waals surface area contributed by atoms with E-state index in [-0.39, 0.29) is 11.2 Å². The Balaban J connectivity index is 2.51. The van der Waals surface area contributed by atoms with Crippen LogP contribution in [0.1, 0.15) is 42.1 Å². The number of carbonyl (C=O) groups excluding carboxylic acids is 1. The third-order valence-corrected chi connectivity index (χ3v) is 2.50. The second-order valence-electron chi connectivity index (χ2n) is 4.50. The van der Waals surface area contributed by atoms with Crippen molar-refractivity contribution in [3.8, 4) is 0 Å². The minimum Gasteiger partial charge on any atom is -0.361 e. The van der Waals surface area contributed by atoms with Crippen LogP contribution in [-0.4, -0.2) is 10.9 Å². The van der Waals surface area contributed by atoms with E-state index >= 15 is 0 Å². The van der Waals surface area contributed by atoms with Gasteiger partial charge < -0.3 is 4.52 Å². The molecule has 0 saturated heterocycles. The van der Waals surface area contributed by atoms with Crippen LogP contribution < -0.4 is 0 Å². The Bertz CT molecular complexity index is 363. The summed E-state index contributed by atoms with van der Waals surface area (Å²) in [6.07, 6.45) is 1.44. The lowest BCUT2D eigenvalue weighted by atomic mass is 9.76. The summed E-state index contributed by atoms with van der Waals surface area (Å²) in [4.78, 5) is 11.7. The van der Waals surface area contributed by atoms with Crippen LogP contribution in [0, 0.1) is 12.3 Å². The summed E-state index contributed by atoms with van der Waals surface area (Å²) in [6.45, 7) is 5.96. The molecule has 0 spiro atoms. The van der Waals surface area contributed by atoms with E-state index in [2.05, 4.69) is 19.0 Å². The van der Waals surface area contributed by atoms with Crippen molar-refractivity contribution in [3.63, 3.8) is 0 Å². The summed E-state index contributed by atoms with van der Waals surface area (Å²) in [6, 6.07) is 0. The van der Waals surface area contributed by atoms with E-state index in [1.54, 1.807) is 6.92 Å². The van der Waals surface area contributed by atoms with Crippen molar-refractivity contribution in [1.82, 2.24) is 5.16 Å². The van der Waals surface area contributed by atoms with Gasteiger partial charge >= 0.3 is 0 Å². The number of aromatic nitrogens is 1. The predicted molar refractivity (Wildman–Crippen MR) is 47.7 cm³/mol. The molecule has 0 radical (unpaired) electrons. The molecule has 1 aromatic rings. The smallest absolute Gasteiger partial charge is 0.168 e. The summed E-state index contributed by atoms with van der Waals surface area (Å²) < 4.78 is 5.01. The second-order valence-corrected chi connectivity index (χ2v) is 4.50. The van der Waals surface area contributed by atoms with Gasteiger partial charge in [-0.25, -0.2) is 0 Å². The number of rotatable bonds is 0. The second kappa shape index (κ2) is 2.44. The van der Waals surface area contributed by atoms with Gasteiger partial charge in [0.05, 0.1) is 11.3 Å². The number of Topliss-reactive ketones (excluding diaryl/α,β-unsaturated/α-hetero) is 1. The van der Waals surface area contributed by atoms with Gasteiger partial charge in [-0.1, -0.05) is 19.0 Å². The van der Waals surface area contributed by atoms with Crippen LogP contribution in [0.25, 0.3) is 0 Å². The van der Waals surface area contributed by atoms with E-state index in [4.69, 9.17) is 4.52 Å². The van der Waals surface area contributed by atoms with E-state index in [9.17, 15) is 4.79 Å². The van der Waals surface area contributed by atoms with E-state index in [1.165, 1.54) is 0 Å². The zero-order valence-electron chi connectivity index (χ0n) is 8.18. The number of ketones is 1. The summed E-state index contributed by atoms with van der Waals surface area (Å²) in [7, 11) is 0. The topological polar surface area (TPSA) is 43.1 Å². The first-order chi connectivity index (χ1) is 5.99. The highest BCUT2D eigenvalue weighted by Crippen LogP contribution is 2.35. The van der Waals surface area contributed by atoms with Gasteiger partial charge in [-0.2, -0.15) is 0 Å². The number of hydrogen-bond donors (Lipinski definition) is 0. The Hall–Kier alpha value is -1.12. The molecule has 1 aromatic heterocycles. The largest absolute Gasteiger partial charge is 0.361 e. The molecular weight excluding hydrogens is 166 g/mol. The van der Waals surface area contributed by atoms with E-state index in [1.807, 2.05) is 0 Å². The molecule has 1 aliphatic carbocycles. The maximum absolute atomic E-state index is 11.7. The van der Waals surface area contributed by atoms with Crippen molar-refractivity contribution in [2.24, 2.45) is 5.41 Å². The van der Waals surface area contributed by atoms with Crippen molar-refractivity contribution < 1.29 is 9.32 Å². The molecule has 3 nitrogen and oxygen atoms in total. The molecule has 0 fully saturated rings. The minimum absolute atomic E-state index is 0.0351. The van der Waals surface area contributed by atoms with Crippen molar-refractivity contribution in [2.45, 2.75) is 33.6 Å². The summed E-state index contributed by atoms with van der Waals surface area (Å²) in [5, 5.41) is 3.91. The molecule has 0 saturated carbocycles. The molecule has 2 rings (SSSR count). The van der Waals surface area contributed by atoms with E-state index < -0.39 is 0 Å². The first-order valence-corrected chi connectivity index (χ1v) is 4.48. The van der Waals surface area contributed by atoms with Crippen LogP contribution in [-0.2, 0) is 6.42 Å². The molecule has 1 heterocycles. The number of nitrogens with zero attached hydrogens (tertiary/aromatic N) is 1. The Morgan fingerprint density at radius 1 is 1.38 bits per heavy atom. The van der Waals surface area contributed by atoms with Gasteiger partial charge in [0.15, 0.2) is 5.78 Å². The van der Waals surface area contributed by atoms with Gasteiger partial charge in [0.1, 0.15) is 5.76 Å². The number of hydrogen-bond acceptors (Lipinski definition) is 3. The van der Waals surface area contributed by atoms with E-state index in [0.29, 0.717) is 12.2 Å². The Morgan fingerprint density at radius 3 is 2.77 bits per heavy atom. The number of carbonyl (C=O) groups is 1. The fourth-order valence-electron chi connectivity index (χ4n) is 1.93. The number of aryl methyl sites for hydroxylation is 1. The molecule has 0 aromatic carbocycles. The standard InChI is InChI=1S/C10H13NO2/c1-6-9-7(11-13-6)4-10(2,3)5-8(9)12/h4-5H2,1-3H3. The third-order valence-electron chi connectivity index (χ3n) is 2.50. The summed E-state index contributed by atoms with van der Waals surface area (Å²) in [5.41, 5.74) is 1.59. The lowest BCUT2D eigenvalue weighted by Gasteiger charge is -2.26. The Labute approximate surface area is 77.1 Å². The molecule has 0 bridgehead atoms. The minimum atomic E-state index is 0.0351. The average Bonchev–Trinajstić information content (AvgIpc) is 2.28. The highest BCUT2D eigenvalue weighted by Gasteiger charge is 2.34. The molecule has 70 valence electrons. The van der Waals surface area contributed by atoms with Gasteiger partial charge in [-0.05, 0) is 18.8 Å². The molecule has 0 atom stereocenters. The first kappa shape index (κ1) is 8.48. The van der Waals surface area contributed by atoms with Crippen LogP contribution in [0.2, 0.25) is 0 Å². The molecule has 13 heavy (non-hydrogen) atoms. The van der Waals surface area contributed by atoms with Crippen LogP contribution in [0.15, 0.2) is 4.52 Å².